The minimum atomic E-state index is 0. The average Bonchev–Trinajstić information content (AvgIpc) is 1.69. The quantitative estimate of drug-likeness (QED) is 0.413. The molecule has 0 aliphatic heterocycles. The SMILES string of the molecule is [C-]#[N+]C(CC)=C([S-])[S-].[CH3-].[CH3-].[Pd]. The Kier molecular flexibility index (Phi) is 26.5. The Hall–Kier alpha value is 0.332. The number of hydrogen-bond donors (Lipinski definition) is 0. The van der Waals surface area contributed by atoms with Crippen molar-refractivity contribution in [3.8, 4) is 0 Å². The van der Waals surface area contributed by atoms with E-state index in [4.69, 9.17) is 6.57 Å². The zero-order valence-corrected chi connectivity index (χ0v) is 9.97. The molecule has 0 heterocycles. The van der Waals surface area contributed by atoms with E-state index in [2.05, 4.69) is 30.1 Å². The summed E-state index contributed by atoms with van der Waals surface area (Å²) >= 11 is 9.16. The Morgan fingerprint density at radius 2 is 1.73 bits per heavy atom. The average molecular weight is 280 g/mol. The Balaban J connectivity index is -0.0000000817. The maximum absolute atomic E-state index is 6.52. The predicted octanol–water partition coefficient (Wildman–Crippen LogP) is 2.48. The zero-order valence-electron chi connectivity index (χ0n) is 6.79. The van der Waals surface area contributed by atoms with E-state index in [0.29, 0.717) is 16.4 Å². The van der Waals surface area contributed by atoms with Crippen molar-refractivity contribution >= 4 is 25.3 Å². The minimum absolute atomic E-state index is 0. The number of hydrogen-bond acceptors (Lipinski definition) is 2. The Labute approximate surface area is 94.9 Å². The summed E-state index contributed by atoms with van der Waals surface area (Å²) in [6.45, 7) is 8.39. The molecule has 0 saturated carbocycles. The molecule has 0 radical (unpaired) electrons. The van der Waals surface area contributed by atoms with E-state index >= 15 is 0 Å². The zero-order chi connectivity index (χ0) is 6.57. The summed E-state index contributed by atoms with van der Waals surface area (Å²) in [6.07, 6.45) is 0.659. The van der Waals surface area contributed by atoms with Crippen molar-refractivity contribution < 1.29 is 20.4 Å². The van der Waals surface area contributed by atoms with Gasteiger partial charge in [-0.3, -0.25) is 0 Å². The van der Waals surface area contributed by atoms with Crippen LogP contribution in [0.15, 0.2) is 9.93 Å². The summed E-state index contributed by atoms with van der Waals surface area (Å²) in [5.41, 5.74) is 0.523. The Morgan fingerprint density at radius 3 is 1.73 bits per heavy atom. The Morgan fingerprint density at radius 1 is 1.36 bits per heavy atom. The third-order valence-electron chi connectivity index (χ3n) is 0.705. The molecule has 0 aliphatic rings. The second-order valence-electron chi connectivity index (χ2n) is 1.20. The standard InChI is InChI=1S/C5H7NS2.2CH3.Pd/c1-3-4(6-2)5(7)8;;;/h7-8H,3H2,1H3;2*1H3;/q;2*-1;/p-2. The molecule has 0 saturated heterocycles. The molecule has 11 heavy (non-hydrogen) atoms. The van der Waals surface area contributed by atoms with Crippen LogP contribution in [-0.4, -0.2) is 0 Å². The van der Waals surface area contributed by atoms with Gasteiger partial charge in [0, 0.05) is 20.4 Å². The van der Waals surface area contributed by atoms with E-state index in [9.17, 15) is 0 Å². The molecule has 0 aromatic carbocycles. The molecule has 0 unspecified atom stereocenters. The maximum Gasteiger partial charge on any atom is 0.121 e. The normalized spacial score (nSPS) is 5.45. The molecule has 0 rings (SSSR count). The van der Waals surface area contributed by atoms with Crippen molar-refractivity contribution in [3.63, 3.8) is 0 Å². The van der Waals surface area contributed by atoms with Gasteiger partial charge >= 0.3 is 0 Å². The predicted molar refractivity (Wildman–Crippen MR) is 51.5 cm³/mol. The fourth-order valence-electron chi connectivity index (χ4n) is 0.269. The van der Waals surface area contributed by atoms with Crippen molar-refractivity contribution in [2.75, 3.05) is 0 Å². The van der Waals surface area contributed by atoms with Crippen LogP contribution in [0.5, 0.6) is 0 Å². The molecule has 4 heteroatoms. The summed E-state index contributed by atoms with van der Waals surface area (Å²) in [5, 5.41) is 0. The number of allylic oxidation sites excluding steroid dienone is 1. The summed E-state index contributed by atoms with van der Waals surface area (Å²) in [6, 6.07) is 0. The van der Waals surface area contributed by atoms with Gasteiger partial charge < -0.3 is 44.3 Å². The monoisotopic (exact) mass is 279 g/mol. The maximum atomic E-state index is 6.52. The summed E-state index contributed by atoms with van der Waals surface area (Å²) in [5.74, 6) is 0. The molecular formula is C7H11NPdS2-4. The fraction of sp³-hybridized carbons (Fsp3) is 0.286. The van der Waals surface area contributed by atoms with E-state index in [-0.39, 0.29) is 35.3 Å². The van der Waals surface area contributed by atoms with Gasteiger partial charge in [0.25, 0.3) is 0 Å². The van der Waals surface area contributed by atoms with Crippen LogP contribution in [0, 0.1) is 21.4 Å². The van der Waals surface area contributed by atoms with Crippen LogP contribution in [0.1, 0.15) is 13.3 Å². The summed E-state index contributed by atoms with van der Waals surface area (Å²) < 4.78 is 0.308. The molecule has 0 fully saturated rings. The molecular weight excluding hydrogens is 269 g/mol. The molecule has 0 aromatic rings. The fourth-order valence-corrected chi connectivity index (χ4v) is 0.649. The first-order valence-electron chi connectivity index (χ1n) is 2.17. The van der Waals surface area contributed by atoms with Crippen molar-refractivity contribution in [2.45, 2.75) is 13.3 Å². The first kappa shape index (κ1) is 22.5. The molecule has 0 atom stereocenters. The Bertz CT molecular complexity index is 145. The smallest absolute Gasteiger partial charge is 0.121 e. The largest absolute Gasteiger partial charge is 0.819 e. The van der Waals surface area contributed by atoms with Gasteiger partial charge in [-0.25, -0.2) is 4.85 Å². The van der Waals surface area contributed by atoms with E-state index in [1.54, 1.807) is 0 Å². The first-order valence-corrected chi connectivity index (χ1v) is 2.98. The van der Waals surface area contributed by atoms with Crippen molar-refractivity contribution in [3.05, 3.63) is 36.2 Å². The van der Waals surface area contributed by atoms with Crippen LogP contribution in [0.25, 0.3) is 4.85 Å². The van der Waals surface area contributed by atoms with Crippen LogP contribution in [0.2, 0.25) is 0 Å². The topological polar surface area (TPSA) is 4.36 Å². The molecule has 0 N–H and O–H groups in total. The van der Waals surface area contributed by atoms with Gasteiger partial charge in [0.15, 0.2) is 0 Å². The van der Waals surface area contributed by atoms with Crippen LogP contribution in [0.4, 0.5) is 0 Å². The van der Waals surface area contributed by atoms with Gasteiger partial charge in [-0.1, -0.05) is 6.92 Å². The van der Waals surface area contributed by atoms with Gasteiger partial charge in [0.2, 0.25) is 0 Å². The number of rotatable bonds is 1. The first-order chi connectivity index (χ1) is 3.72. The molecule has 0 aliphatic carbocycles. The molecule has 0 bridgehead atoms. The van der Waals surface area contributed by atoms with E-state index in [1.807, 2.05) is 6.92 Å². The van der Waals surface area contributed by atoms with Crippen molar-refractivity contribution in [1.29, 1.82) is 0 Å². The second kappa shape index (κ2) is 13.0. The van der Waals surface area contributed by atoms with Gasteiger partial charge in [0.05, 0.1) is 6.57 Å². The molecule has 0 amide bonds. The van der Waals surface area contributed by atoms with Crippen LogP contribution >= 0.6 is 0 Å². The van der Waals surface area contributed by atoms with Crippen molar-refractivity contribution in [2.24, 2.45) is 0 Å². The number of nitrogens with zero attached hydrogens (tertiary/aromatic N) is 1. The van der Waals surface area contributed by atoms with Crippen LogP contribution in [-0.2, 0) is 45.7 Å². The second-order valence-corrected chi connectivity index (χ2v) is 2.27. The van der Waals surface area contributed by atoms with Crippen molar-refractivity contribution in [1.82, 2.24) is 0 Å². The molecule has 1 nitrogen and oxygen atoms in total. The summed E-state index contributed by atoms with van der Waals surface area (Å²) in [7, 11) is 0. The van der Waals surface area contributed by atoms with Gasteiger partial charge in [-0.05, 0) is 6.42 Å². The molecule has 70 valence electrons. The van der Waals surface area contributed by atoms with Gasteiger partial charge in [-0.2, -0.15) is 0 Å². The van der Waals surface area contributed by atoms with E-state index in [0.717, 1.165) is 0 Å². The van der Waals surface area contributed by atoms with Crippen LogP contribution < -0.4 is 0 Å². The van der Waals surface area contributed by atoms with Crippen LogP contribution in [0.3, 0.4) is 0 Å². The third-order valence-corrected chi connectivity index (χ3v) is 1.18. The van der Waals surface area contributed by atoms with Gasteiger partial charge in [-0.15, -0.1) is 0 Å². The molecule has 0 aromatic heterocycles. The summed E-state index contributed by atoms with van der Waals surface area (Å²) in [4.78, 5) is 3.13. The van der Waals surface area contributed by atoms with Gasteiger partial charge in [0.1, 0.15) is 5.70 Å². The molecule has 0 spiro atoms. The minimum Gasteiger partial charge on any atom is -0.819 e. The van der Waals surface area contributed by atoms with E-state index < -0.39 is 0 Å². The van der Waals surface area contributed by atoms with E-state index in [1.165, 1.54) is 0 Å². The third kappa shape index (κ3) is 10.3.